The molecule has 2 aromatic rings. The van der Waals surface area contributed by atoms with Gasteiger partial charge in [0.25, 0.3) is 0 Å². The SMILES string of the molecule is COc1ccccc1N1CCN(Cc2ncc[nH]2)CC1. The van der Waals surface area contributed by atoms with Gasteiger partial charge in [-0.05, 0) is 12.1 Å². The van der Waals surface area contributed by atoms with Crippen LogP contribution in [-0.4, -0.2) is 48.2 Å². The molecule has 1 N–H and O–H groups in total. The van der Waals surface area contributed by atoms with Crippen molar-refractivity contribution in [1.82, 2.24) is 14.9 Å². The first-order valence-corrected chi connectivity index (χ1v) is 6.95. The molecule has 2 heterocycles. The molecule has 0 radical (unpaired) electrons. The van der Waals surface area contributed by atoms with Gasteiger partial charge in [0.15, 0.2) is 0 Å². The van der Waals surface area contributed by atoms with Crippen molar-refractivity contribution in [2.45, 2.75) is 6.54 Å². The number of aromatic amines is 1. The number of hydrogen-bond acceptors (Lipinski definition) is 4. The summed E-state index contributed by atoms with van der Waals surface area (Å²) in [4.78, 5) is 12.3. The van der Waals surface area contributed by atoms with Crippen molar-refractivity contribution < 1.29 is 4.74 Å². The van der Waals surface area contributed by atoms with Crippen molar-refractivity contribution in [3.63, 3.8) is 0 Å². The maximum Gasteiger partial charge on any atom is 0.142 e. The highest BCUT2D eigenvalue weighted by molar-refractivity contribution is 5.58. The number of ether oxygens (including phenoxy) is 1. The van der Waals surface area contributed by atoms with Gasteiger partial charge in [0.05, 0.1) is 19.3 Å². The van der Waals surface area contributed by atoms with E-state index in [0.29, 0.717) is 0 Å². The summed E-state index contributed by atoms with van der Waals surface area (Å²) in [5.41, 5.74) is 1.19. The number of aromatic nitrogens is 2. The number of anilines is 1. The van der Waals surface area contributed by atoms with Crippen LogP contribution in [-0.2, 0) is 6.54 Å². The Morgan fingerprint density at radius 2 is 2.00 bits per heavy atom. The van der Waals surface area contributed by atoms with Gasteiger partial charge in [-0.3, -0.25) is 4.90 Å². The highest BCUT2D eigenvalue weighted by Gasteiger charge is 2.19. The zero-order valence-electron chi connectivity index (χ0n) is 11.7. The normalized spacial score (nSPS) is 16.4. The number of rotatable bonds is 4. The van der Waals surface area contributed by atoms with Crippen molar-refractivity contribution in [3.8, 4) is 5.75 Å². The second-order valence-electron chi connectivity index (χ2n) is 4.97. The Morgan fingerprint density at radius 1 is 1.20 bits per heavy atom. The van der Waals surface area contributed by atoms with Gasteiger partial charge in [0.1, 0.15) is 11.6 Å². The fourth-order valence-corrected chi connectivity index (χ4v) is 2.63. The second kappa shape index (κ2) is 5.96. The lowest BCUT2D eigenvalue weighted by Gasteiger charge is -2.36. The molecular formula is C15H20N4O. The van der Waals surface area contributed by atoms with Crippen molar-refractivity contribution in [2.24, 2.45) is 0 Å². The van der Waals surface area contributed by atoms with E-state index in [1.807, 2.05) is 18.3 Å². The Balaban J connectivity index is 1.60. The molecular weight excluding hydrogens is 252 g/mol. The third kappa shape index (κ3) is 2.77. The highest BCUT2D eigenvalue weighted by Crippen LogP contribution is 2.28. The van der Waals surface area contributed by atoms with Crippen LogP contribution in [0.1, 0.15) is 5.82 Å². The summed E-state index contributed by atoms with van der Waals surface area (Å²) in [6.07, 6.45) is 3.68. The standard InChI is InChI=1S/C15H20N4O/c1-20-14-5-3-2-4-13(14)19-10-8-18(9-11-19)12-15-16-6-7-17-15/h2-7H,8-12H2,1H3,(H,16,17). The van der Waals surface area contributed by atoms with Gasteiger partial charge in [-0.25, -0.2) is 4.98 Å². The first-order chi connectivity index (χ1) is 9.86. The smallest absolute Gasteiger partial charge is 0.142 e. The Kier molecular flexibility index (Phi) is 3.87. The molecule has 0 bridgehead atoms. The van der Waals surface area contributed by atoms with Gasteiger partial charge < -0.3 is 14.6 Å². The van der Waals surface area contributed by atoms with Crippen LogP contribution in [0.2, 0.25) is 0 Å². The molecule has 5 nitrogen and oxygen atoms in total. The van der Waals surface area contributed by atoms with Crippen LogP contribution in [0.15, 0.2) is 36.7 Å². The van der Waals surface area contributed by atoms with Crippen LogP contribution >= 0.6 is 0 Å². The average molecular weight is 272 g/mol. The molecule has 5 heteroatoms. The molecule has 0 spiro atoms. The number of para-hydroxylation sites is 2. The summed E-state index contributed by atoms with van der Waals surface area (Å²) >= 11 is 0. The Hall–Kier alpha value is -2.01. The third-order valence-electron chi connectivity index (χ3n) is 3.73. The number of hydrogen-bond donors (Lipinski definition) is 1. The van der Waals surface area contributed by atoms with E-state index >= 15 is 0 Å². The average Bonchev–Trinajstić information content (AvgIpc) is 3.01. The number of H-pyrrole nitrogens is 1. The number of nitrogens with zero attached hydrogens (tertiary/aromatic N) is 3. The molecule has 0 unspecified atom stereocenters. The quantitative estimate of drug-likeness (QED) is 0.921. The van der Waals surface area contributed by atoms with E-state index in [9.17, 15) is 0 Å². The van der Waals surface area contributed by atoms with Crippen LogP contribution in [0.25, 0.3) is 0 Å². The topological polar surface area (TPSA) is 44.4 Å². The molecule has 1 aliphatic rings. The summed E-state index contributed by atoms with van der Waals surface area (Å²) in [5, 5.41) is 0. The fraction of sp³-hybridized carbons (Fsp3) is 0.400. The van der Waals surface area contributed by atoms with Crippen LogP contribution in [0, 0.1) is 0 Å². The molecule has 0 saturated carbocycles. The summed E-state index contributed by atoms with van der Waals surface area (Å²) < 4.78 is 5.44. The van der Waals surface area contributed by atoms with Gasteiger partial charge in [-0.15, -0.1) is 0 Å². The molecule has 1 aromatic carbocycles. The highest BCUT2D eigenvalue weighted by atomic mass is 16.5. The number of imidazole rings is 1. The first kappa shape index (κ1) is 13.0. The molecule has 106 valence electrons. The van der Waals surface area contributed by atoms with Crippen LogP contribution in [0.4, 0.5) is 5.69 Å². The van der Waals surface area contributed by atoms with Crippen molar-refractivity contribution in [1.29, 1.82) is 0 Å². The molecule has 0 aliphatic carbocycles. The predicted octanol–water partition coefficient (Wildman–Crippen LogP) is 1.74. The van der Waals surface area contributed by atoms with Crippen molar-refractivity contribution in [3.05, 3.63) is 42.5 Å². The lowest BCUT2D eigenvalue weighted by Crippen LogP contribution is -2.46. The Morgan fingerprint density at radius 3 is 2.70 bits per heavy atom. The van der Waals surface area contributed by atoms with Crippen molar-refractivity contribution in [2.75, 3.05) is 38.2 Å². The second-order valence-corrected chi connectivity index (χ2v) is 4.97. The molecule has 20 heavy (non-hydrogen) atoms. The third-order valence-corrected chi connectivity index (χ3v) is 3.73. The monoisotopic (exact) mass is 272 g/mol. The molecule has 3 rings (SSSR count). The van der Waals surface area contributed by atoms with Gasteiger partial charge in [-0.1, -0.05) is 12.1 Å². The van der Waals surface area contributed by atoms with E-state index in [4.69, 9.17) is 4.74 Å². The maximum absolute atomic E-state index is 5.44. The van der Waals surface area contributed by atoms with E-state index in [1.54, 1.807) is 13.3 Å². The van der Waals surface area contributed by atoms with Crippen LogP contribution in [0.5, 0.6) is 5.75 Å². The summed E-state index contributed by atoms with van der Waals surface area (Å²) in [5.74, 6) is 1.99. The minimum atomic E-state index is 0.896. The van der Waals surface area contributed by atoms with Crippen LogP contribution < -0.4 is 9.64 Å². The molecule has 1 aromatic heterocycles. The zero-order valence-corrected chi connectivity index (χ0v) is 11.7. The van der Waals surface area contributed by atoms with Gasteiger partial charge >= 0.3 is 0 Å². The van der Waals surface area contributed by atoms with Crippen molar-refractivity contribution >= 4 is 5.69 Å². The van der Waals surface area contributed by atoms with Gasteiger partial charge in [-0.2, -0.15) is 0 Å². The van der Waals surface area contributed by atoms with Crippen LogP contribution in [0.3, 0.4) is 0 Å². The summed E-state index contributed by atoms with van der Waals surface area (Å²) in [6, 6.07) is 8.22. The molecule has 0 amide bonds. The zero-order chi connectivity index (χ0) is 13.8. The summed E-state index contributed by atoms with van der Waals surface area (Å²) in [6.45, 7) is 5.01. The maximum atomic E-state index is 5.44. The molecule has 0 atom stereocenters. The van der Waals surface area contributed by atoms with Gasteiger partial charge in [0.2, 0.25) is 0 Å². The van der Waals surface area contributed by atoms with E-state index < -0.39 is 0 Å². The lowest BCUT2D eigenvalue weighted by molar-refractivity contribution is 0.244. The number of piperazine rings is 1. The largest absolute Gasteiger partial charge is 0.495 e. The minimum Gasteiger partial charge on any atom is -0.495 e. The number of benzene rings is 1. The van der Waals surface area contributed by atoms with E-state index in [-0.39, 0.29) is 0 Å². The lowest BCUT2D eigenvalue weighted by atomic mass is 10.2. The Labute approximate surface area is 119 Å². The van der Waals surface area contributed by atoms with E-state index in [1.165, 1.54) is 5.69 Å². The molecule has 1 aliphatic heterocycles. The fourth-order valence-electron chi connectivity index (χ4n) is 2.63. The van der Waals surface area contributed by atoms with E-state index in [0.717, 1.165) is 44.3 Å². The summed E-state index contributed by atoms with van der Waals surface area (Å²) in [7, 11) is 1.73. The Bertz CT molecular complexity index is 533. The molecule has 1 saturated heterocycles. The van der Waals surface area contributed by atoms with Gasteiger partial charge in [0, 0.05) is 38.6 Å². The molecule has 1 fully saturated rings. The number of nitrogens with one attached hydrogen (secondary N) is 1. The van der Waals surface area contributed by atoms with E-state index in [2.05, 4.69) is 31.9 Å². The first-order valence-electron chi connectivity index (χ1n) is 6.95. The number of methoxy groups -OCH3 is 1. The predicted molar refractivity (Wildman–Crippen MR) is 79.1 cm³/mol. The minimum absolute atomic E-state index is 0.896.